The monoisotopic (exact) mass is 384 g/mol. The van der Waals surface area contributed by atoms with Gasteiger partial charge in [-0.2, -0.15) is 0 Å². The second kappa shape index (κ2) is 8.22. The summed E-state index contributed by atoms with van der Waals surface area (Å²) in [5.74, 6) is 0.739. The van der Waals surface area contributed by atoms with Crippen LogP contribution in [-0.2, 0) is 17.8 Å². The van der Waals surface area contributed by atoms with Crippen LogP contribution in [0.5, 0.6) is 5.75 Å². The summed E-state index contributed by atoms with van der Waals surface area (Å²) in [4.78, 5) is 23.9. The number of halogens is 1. The SMILES string of the molecule is CC(Oc1ccccc1F)C(=O)N1CCc2nc(C3CCCNC3)ncc2C1. The predicted molar refractivity (Wildman–Crippen MR) is 102 cm³/mol. The number of para-hydroxylation sites is 1. The van der Waals surface area contributed by atoms with Crippen LogP contribution in [0.4, 0.5) is 4.39 Å². The van der Waals surface area contributed by atoms with E-state index in [0.717, 1.165) is 43.0 Å². The Labute approximate surface area is 164 Å². The molecule has 0 saturated carbocycles. The fourth-order valence-corrected chi connectivity index (χ4v) is 3.83. The van der Waals surface area contributed by atoms with Crippen molar-refractivity contribution in [2.75, 3.05) is 19.6 Å². The van der Waals surface area contributed by atoms with Crippen molar-refractivity contribution < 1.29 is 13.9 Å². The summed E-state index contributed by atoms with van der Waals surface area (Å²) in [5.41, 5.74) is 2.01. The van der Waals surface area contributed by atoms with Crippen LogP contribution < -0.4 is 10.1 Å². The third-order valence-electron chi connectivity index (χ3n) is 5.41. The lowest BCUT2D eigenvalue weighted by molar-refractivity contribution is -0.139. The Hall–Kier alpha value is -2.54. The minimum Gasteiger partial charge on any atom is -0.478 e. The molecule has 3 heterocycles. The number of carbonyl (C=O) groups excluding carboxylic acids is 1. The van der Waals surface area contributed by atoms with Gasteiger partial charge in [-0.15, -0.1) is 0 Å². The van der Waals surface area contributed by atoms with Crippen molar-refractivity contribution >= 4 is 5.91 Å². The molecule has 0 radical (unpaired) electrons. The minimum absolute atomic E-state index is 0.0924. The van der Waals surface area contributed by atoms with Crippen molar-refractivity contribution in [3.05, 3.63) is 53.4 Å². The molecule has 0 spiro atoms. The van der Waals surface area contributed by atoms with Gasteiger partial charge in [-0.25, -0.2) is 14.4 Å². The maximum absolute atomic E-state index is 13.8. The molecule has 1 aromatic heterocycles. The quantitative estimate of drug-likeness (QED) is 0.877. The highest BCUT2D eigenvalue weighted by Crippen LogP contribution is 2.24. The summed E-state index contributed by atoms with van der Waals surface area (Å²) in [6, 6.07) is 6.12. The van der Waals surface area contributed by atoms with E-state index in [1.807, 2.05) is 6.20 Å². The lowest BCUT2D eigenvalue weighted by Crippen LogP contribution is -2.43. The van der Waals surface area contributed by atoms with Crippen molar-refractivity contribution in [1.29, 1.82) is 0 Å². The van der Waals surface area contributed by atoms with Crippen molar-refractivity contribution in [3.63, 3.8) is 0 Å². The third-order valence-corrected chi connectivity index (χ3v) is 5.41. The van der Waals surface area contributed by atoms with E-state index < -0.39 is 11.9 Å². The van der Waals surface area contributed by atoms with E-state index >= 15 is 0 Å². The van der Waals surface area contributed by atoms with Gasteiger partial charge < -0.3 is 15.0 Å². The maximum Gasteiger partial charge on any atom is 0.263 e. The molecule has 148 valence electrons. The number of fused-ring (bicyclic) bond motifs is 1. The largest absolute Gasteiger partial charge is 0.478 e. The second-order valence-corrected chi connectivity index (χ2v) is 7.44. The lowest BCUT2D eigenvalue weighted by Gasteiger charge is -2.31. The Morgan fingerprint density at radius 2 is 2.25 bits per heavy atom. The first-order valence-electron chi connectivity index (χ1n) is 9.87. The number of benzene rings is 1. The zero-order valence-corrected chi connectivity index (χ0v) is 16.0. The molecule has 6 nitrogen and oxygen atoms in total. The molecular weight excluding hydrogens is 359 g/mol. The minimum atomic E-state index is -0.757. The van der Waals surface area contributed by atoms with E-state index in [2.05, 4.69) is 10.3 Å². The molecule has 2 aromatic rings. The summed E-state index contributed by atoms with van der Waals surface area (Å²) < 4.78 is 19.3. The first kappa shape index (κ1) is 18.8. The van der Waals surface area contributed by atoms with E-state index in [0.29, 0.717) is 25.4 Å². The highest BCUT2D eigenvalue weighted by atomic mass is 19.1. The van der Waals surface area contributed by atoms with Crippen LogP contribution in [-0.4, -0.2) is 46.5 Å². The summed E-state index contributed by atoms with van der Waals surface area (Å²) in [7, 11) is 0. The molecule has 1 saturated heterocycles. The van der Waals surface area contributed by atoms with Gasteiger partial charge in [0.1, 0.15) is 5.82 Å². The van der Waals surface area contributed by atoms with Gasteiger partial charge >= 0.3 is 0 Å². The molecule has 1 amide bonds. The normalized spacial score (nSPS) is 20.4. The van der Waals surface area contributed by atoms with Crippen LogP contribution in [0.2, 0.25) is 0 Å². The number of rotatable bonds is 4. The zero-order chi connectivity index (χ0) is 19.5. The molecule has 2 atom stereocenters. The molecule has 2 aliphatic rings. The molecule has 28 heavy (non-hydrogen) atoms. The second-order valence-electron chi connectivity index (χ2n) is 7.44. The van der Waals surface area contributed by atoms with E-state index in [9.17, 15) is 9.18 Å². The van der Waals surface area contributed by atoms with Gasteiger partial charge in [0.25, 0.3) is 5.91 Å². The van der Waals surface area contributed by atoms with Gasteiger partial charge in [0, 0.05) is 43.7 Å². The van der Waals surface area contributed by atoms with E-state index in [1.54, 1.807) is 24.0 Å². The molecule has 1 fully saturated rings. The van der Waals surface area contributed by atoms with Gasteiger partial charge in [-0.05, 0) is 38.4 Å². The fourth-order valence-electron chi connectivity index (χ4n) is 3.83. The van der Waals surface area contributed by atoms with Crippen LogP contribution in [0.15, 0.2) is 30.5 Å². The lowest BCUT2D eigenvalue weighted by atomic mass is 9.98. The molecule has 1 N–H and O–H groups in total. The highest BCUT2D eigenvalue weighted by molar-refractivity contribution is 5.81. The van der Waals surface area contributed by atoms with Crippen molar-refractivity contribution in [3.8, 4) is 5.75 Å². The smallest absolute Gasteiger partial charge is 0.263 e. The van der Waals surface area contributed by atoms with Crippen molar-refractivity contribution in [2.45, 2.75) is 44.8 Å². The van der Waals surface area contributed by atoms with Gasteiger partial charge in [0.15, 0.2) is 17.7 Å². The first-order chi connectivity index (χ1) is 13.6. The summed E-state index contributed by atoms with van der Waals surface area (Å²) in [6.45, 7) is 4.68. The van der Waals surface area contributed by atoms with Crippen LogP contribution in [0, 0.1) is 5.82 Å². The van der Waals surface area contributed by atoms with Crippen molar-refractivity contribution in [2.24, 2.45) is 0 Å². The number of nitrogens with one attached hydrogen (secondary N) is 1. The van der Waals surface area contributed by atoms with Crippen LogP contribution >= 0.6 is 0 Å². The summed E-state index contributed by atoms with van der Waals surface area (Å²) in [5, 5.41) is 3.40. The van der Waals surface area contributed by atoms with Gasteiger partial charge in [0.05, 0.1) is 5.69 Å². The molecule has 2 aliphatic heterocycles. The first-order valence-corrected chi connectivity index (χ1v) is 9.87. The average molecular weight is 384 g/mol. The molecule has 0 bridgehead atoms. The van der Waals surface area contributed by atoms with Crippen LogP contribution in [0.1, 0.15) is 42.8 Å². The average Bonchev–Trinajstić information content (AvgIpc) is 2.74. The molecule has 1 aromatic carbocycles. The van der Waals surface area contributed by atoms with E-state index in [1.165, 1.54) is 12.1 Å². The topological polar surface area (TPSA) is 67.3 Å². The summed E-state index contributed by atoms with van der Waals surface area (Å²) in [6.07, 6.45) is 4.05. The van der Waals surface area contributed by atoms with E-state index in [-0.39, 0.29) is 11.7 Å². The summed E-state index contributed by atoms with van der Waals surface area (Å²) >= 11 is 0. The maximum atomic E-state index is 13.8. The number of aromatic nitrogens is 2. The Morgan fingerprint density at radius 3 is 3.04 bits per heavy atom. The molecule has 2 unspecified atom stereocenters. The Bertz CT molecular complexity index is 854. The van der Waals surface area contributed by atoms with Gasteiger partial charge in [-0.3, -0.25) is 4.79 Å². The fraction of sp³-hybridized carbons (Fsp3) is 0.476. The number of amides is 1. The number of carbonyl (C=O) groups is 1. The number of ether oxygens (including phenoxy) is 1. The Kier molecular flexibility index (Phi) is 5.52. The number of nitrogens with zero attached hydrogens (tertiary/aromatic N) is 3. The van der Waals surface area contributed by atoms with Gasteiger partial charge in [-0.1, -0.05) is 12.1 Å². The standard InChI is InChI=1S/C21H25FN4O2/c1-14(28-19-7-3-2-6-17(19)22)21(27)26-10-8-18-16(13-26)12-24-20(25-18)15-5-4-9-23-11-15/h2-3,6-7,12,14-15,23H,4-5,8-11,13H2,1H3. The molecule has 4 rings (SSSR count). The third kappa shape index (κ3) is 3.99. The number of hydrogen-bond acceptors (Lipinski definition) is 5. The van der Waals surface area contributed by atoms with Crippen LogP contribution in [0.25, 0.3) is 0 Å². The number of piperidine rings is 1. The number of hydrogen-bond donors (Lipinski definition) is 1. The Balaban J connectivity index is 1.41. The zero-order valence-electron chi connectivity index (χ0n) is 16.0. The predicted octanol–water partition coefficient (Wildman–Crippen LogP) is 2.43. The molecular formula is C21H25FN4O2. The van der Waals surface area contributed by atoms with Crippen molar-refractivity contribution in [1.82, 2.24) is 20.2 Å². The molecule has 7 heteroatoms. The van der Waals surface area contributed by atoms with Crippen LogP contribution in [0.3, 0.4) is 0 Å². The van der Waals surface area contributed by atoms with E-state index in [4.69, 9.17) is 9.72 Å². The highest BCUT2D eigenvalue weighted by Gasteiger charge is 2.28. The van der Waals surface area contributed by atoms with Gasteiger partial charge in [0.2, 0.25) is 0 Å². The molecule has 0 aliphatic carbocycles. The Morgan fingerprint density at radius 1 is 1.39 bits per heavy atom.